The highest BCUT2D eigenvalue weighted by Crippen LogP contribution is 2.39. The quantitative estimate of drug-likeness (QED) is 0.0354. The Hall–Kier alpha value is -9.91. The number of para-hydroxylation sites is 1. The molecule has 18 nitrogen and oxygen atoms in total. The second-order valence-electron chi connectivity index (χ2n) is 15.7. The maximum absolute atomic E-state index is 13.2. The summed E-state index contributed by atoms with van der Waals surface area (Å²) in [6, 6.07) is 39.9. The van der Waals surface area contributed by atoms with Crippen LogP contribution in [-0.2, 0) is 0 Å². The van der Waals surface area contributed by atoms with Crippen LogP contribution in [0, 0.1) is 23.6 Å². The van der Waals surface area contributed by atoms with E-state index in [1.807, 2.05) is 25.1 Å². The molecule has 0 aromatic heterocycles. The van der Waals surface area contributed by atoms with Crippen molar-refractivity contribution in [2.45, 2.75) is 6.92 Å². The number of nitrogens with one attached hydrogen (secondary N) is 8. The van der Waals surface area contributed by atoms with E-state index in [0.29, 0.717) is 68.4 Å². The number of amides is 4. The lowest BCUT2D eigenvalue weighted by Crippen LogP contribution is -2.35. The molecule has 7 aromatic rings. The number of hydrogen-bond donors (Lipinski definition) is 8. The van der Waals surface area contributed by atoms with Gasteiger partial charge in [0.15, 0.2) is 34.9 Å². The number of anilines is 4. The number of halogens is 1. The summed E-state index contributed by atoms with van der Waals surface area (Å²) in [5.41, 5.74) is 5.87. The van der Waals surface area contributed by atoms with Gasteiger partial charge in [0.25, 0.3) is 23.6 Å². The molecule has 0 radical (unpaired) electrons. The second-order valence-corrected chi connectivity index (χ2v) is 15.7. The standard InChI is InChI=1S/C30H27FN4O5.C25H26N4O5/c1-38-25-15-21(16-26(39-2)27(25)40-3)29(37)35-30(32)34-24-6-4-5-23(17-24)33-28(36)20-9-7-18(8-10-20)19-11-13-22(31)14-12-19;1-15-10-11-18(14-19(15)24(31)27-17-8-6-5-7-9-17)28-25(26)29-23(30)16-12-20(32-2)22(34-4)21(13-16)33-3/h4-17H,1-3H3,(H,33,36)(H3,32,34,35,37);5-14H,1-4H3,(H,27,31)(H3,26,28,29,30). The van der Waals surface area contributed by atoms with Crippen LogP contribution in [-0.4, -0.2) is 78.2 Å². The second kappa shape index (κ2) is 25.3. The van der Waals surface area contributed by atoms with Crippen molar-refractivity contribution in [2.75, 3.05) is 63.9 Å². The fraction of sp³-hybridized carbons (Fsp3) is 0.127. The molecule has 0 aliphatic heterocycles. The fourth-order valence-corrected chi connectivity index (χ4v) is 7.15. The van der Waals surface area contributed by atoms with Crippen molar-refractivity contribution in [1.29, 1.82) is 10.8 Å². The van der Waals surface area contributed by atoms with Gasteiger partial charge in [-0.2, -0.15) is 0 Å². The first-order valence-corrected chi connectivity index (χ1v) is 22.4. The van der Waals surface area contributed by atoms with Crippen LogP contribution in [0.4, 0.5) is 27.1 Å². The van der Waals surface area contributed by atoms with Crippen LogP contribution in [0.5, 0.6) is 34.5 Å². The number of aryl methyl sites for hydroxylation is 1. The summed E-state index contributed by atoms with van der Waals surface area (Å²) < 4.78 is 44.8. The number of carbonyl (C=O) groups excluding carboxylic acids is 4. The monoisotopic (exact) mass is 1000 g/mol. The number of carbonyl (C=O) groups is 4. The van der Waals surface area contributed by atoms with Crippen LogP contribution >= 0.6 is 0 Å². The topological polar surface area (TPSA) is 244 Å². The van der Waals surface area contributed by atoms with Gasteiger partial charge in [0.05, 0.1) is 42.7 Å². The van der Waals surface area contributed by atoms with Gasteiger partial charge in [-0.25, -0.2) is 4.39 Å². The van der Waals surface area contributed by atoms with E-state index in [9.17, 15) is 23.6 Å². The zero-order valence-corrected chi connectivity index (χ0v) is 41.3. The molecule has 8 N–H and O–H groups in total. The van der Waals surface area contributed by atoms with Crippen LogP contribution < -0.4 is 60.3 Å². The van der Waals surface area contributed by atoms with Crippen molar-refractivity contribution < 1.29 is 52.0 Å². The summed E-state index contributed by atoms with van der Waals surface area (Å²) in [5.74, 6) is -0.625. The van der Waals surface area contributed by atoms with Crippen molar-refractivity contribution in [3.8, 4) is 45.6 Å². The summed E-state index contributed by atoms with van der Waals surface area (Å²) in [4.78, 5) is 51.0. The minimum Gasteiger partial charge on any atom is -0.493 e. The average Bonchev–Trinajstić information content (AvgIpc) is 3.41. The minimum absolute atomic E-state index is 0.201. The predicted molar refractivity (Wildman–Crippen MR) is 282 cm³/mol. The van der Waals surface area contributed by atoms with E-state index in [-0.39, 0.29) is 40.7 Å². The van der Waals surface area contributed by atoms with Gasteiger partial charge in [0.1, 0.15) is 5.82 Å². The average molecular weight is 1010 g/mol. The van der Waals surface area contributed by atoms with Gasteiger partial charge in [0, 0.05) is 45.0 Å². The normalized spacial score (nSPS) is 10.2. The molecule has 0 aliphatic carbocycles. The van der Waals surface area contributed by atoms with E-state index in [2.05, 4.69) is 31.9 Å². The van der Waals surface area contributed by atoms with Gasteiger partial charge in [0.2, 0.25) is 11.5 Å². The van der Waals surface area contributed by atoms with E-state index in [1.165, 1.54) is 79.1 Å². The van der Waals surface area contributed by atoms with Crippen LogP contribution in [0.2, 0.25) is 0 Å². The zero-order valence-electron chi connectivity index (χ0n) is 41.3. The van der Waals surface area contributed by atoms with E-state index in [0.717, 1.165) is 16.7 Å². The Morgan fingerprint density at radius 1 is 0.405 bits per heavy atom. The molecule has 0 bridgehead atoms. The number of benzene rings is 7. The Labute approximate surface area is 426 Å². The Morgan fingerprint density at radius 2 is 0.824 bits per heavy atom. The zero-order chi connectivity index (χ0) is 53.3. The van der Waals surface area contributed by atoms with Gasteiger partial charge in [-0.05, 0) is 115 Å². The lowest BCUT2D eigenvalue weighted by atomic mass is 10.0. The predicted octanol–water partition coefficient (Wildman–Crippen LogP) is 9.60. The highest BCUT2D eigenvalue weighted by Gasteiger charge is 2.20. The number of guanidine groups is 2. The first-order chi connectivity index (χ1) is 35.7. The highest BCUT2D eigenvalue weighted by molar-refractivity contribution is 6.11. The molecule has 4 amide bonds. The number of hydrogen-bond acceptors (Lipinski definition) is 12. The summed E-state index contributed by atoms with van der Waals surface area (Å²) in [6.45, 7) is 1.82. The van der Waals surface area contributed by atoms with Crippen molar-refractivity contribution in [1.82, 2.24) is 10.6 Å². The summed E-state index contributed by atoms with van der Waals surface area (Å²) in [7, 11) is 8.71. The van der Waals surface area contributed by atoms with Crippen molar-refractivity contribution in [2.24, 2.45) is 0 Å². The molecule has 7 rings (SSSR count). The first-order valence-electron chi connectivity index (χ1n) is 22.4. The molecular weight excluding hydrogens is 952 g/mol. The molecule has 19 heteroatoms. The molecule has 0 fully saturated rings. The molecular formula is C55H53FN8O10. The summed E-state index contributed by atoms with van der Waals surface area (Å²) >= 11 is 0. The van der Waals surface area contributed by atoms with Gasteiger partial charge >= 0.3 is 0 Å². The lowest BCUT2D eigenvalue weighted by Gasteiger charge is -2.15. The summed E-state index contributed by atoms with van der Waals surface area (Å²) in [6.07, 6.45) is 0. The first kappa shape index (κ1) is 53.4. The molecule has 74 heavy (non-hydrogen) atoms. The minimum atomic E-state index is -0.565. The van der Waals surface area contributed by atoms with Crippen molar-refractivity contribution >= 4 is 58.3 Å². The SMILES string of the molecule is COc1cc(C(=O)NC(=N)Nc2ccc(C)c(C(=O)Nc3ccccc3)c2)cc(OC)c1OC.COc1cc(C(=O)NC(=N)Nc2cccc(NC(=O)c3ccc(-c4ccc(F)cc4)cc3)c2)cc(OC)c1OC. The largest absolute Gasteiger partial charge is 0.493 e. The lowest BCUT2D eigenvalue weighted by molar-refractivity contribution is 0.0967. The van der Waals surface area contributed by atoms with E-state index in [4.69, 9.17) is 39.2 Å². The van der Waals surface area contributed by atoms with Gasteiger partial charge in [-0.1, -0.05) is 54.6 Å². The molecule has 7 aromatic carbocycles. The maximum atomic E-state index is 13.2. The molecule has 0 atom stereocenters. The Balaban J connectivity index is 0.000000244. The van der Waals surface area contributed by atoms with Crippen LogP contribution in [0.1, 0.15) is 47.0 Å². The molecule has 0 spiro atoms. The number of methoxy groups -OCH3 is 6. The maximum Gasteiger partial charge on any atom is 0.258 e. The van der Waals surface area contributed by atoms with Gasteiger partial charge < -0.3 is 49.7 Å². The fourth-order valence-electron chi connectivity index (χ4n) is 7.15. The molecule has 380 valence electrons. The third kappa shape index (κ3) is 13.9. The third-order valence-electron chi connectivity index (χ3n) is 10.8. The Kier molecular flexibility index (Phi) is 18.3. The molecule has 0 heterocycles. The molecule has 0 saturated heterocycles. The van der Waals surface area contributed by atoms with Crippen molar-refractivity contribution in [3.05, 3.63) is 179 Å². The smallest absolute Gasteiger partial charge is 0.258 e. The Bertz CT molecular complexity index is 3120. The molecule has 0 unspecified atom stereocenters. The van der Waals surface area contributed by atoms with Gasteiger partial charge in [-0.15, -0.1) is 0 Å². The van der Waals surface area contributed by atoms with E-state index < -0.39 is 11.8 Å². The van der Waals surface area contributed by atoms with Crippen LogP contribution in [0.15, 0.2) is 146 Å². The number of ether oxygens (including phenoxy) is 6. The summed E-state index contributed by atoms with van der Waals surface area (Å²) in [5, 5.41) is 32.5. The molecule has 0 aliphatic rings. The van der Waals surface area contributed by atoms with Gasteiger partial charge in [-0.3, -0.25) is 40.6 Å². The highest BCUT2D eigenvalue weighted by atomic mass is 19.1. The van der Waals surface area contributed by atoms with Crippen LogP contribution in [0.3, 0.4) is 0 Å². The molecule has 0 saturated carbocycles. The number of rotatable bonds is 15. The van der Waals surface area contributed by atoms with Crippen LogP contribution in [0.25, 0.3) is 11.1 Å². The Morgan fingerprint density at radius 3 is 1.28 bits per heavy atom. The van der Waals surface area contributed by atoms with Crippen molar-refractivity contribution in [3.63, 3.8) is 0 Å². The van der Waals surface area contributed by atoms with E-state index >= 15 is 0 Å². The van der Waals surface area contributed by atoms with E-state index in [1.54, 1.807) is 91.0 Å². The third-order valence-corrected chi connectivity index (χ3v) is 10.8.